The van der Waals surface area contributed by atoms with Gasteiger partial charge in [-0.3, -0.25) is 25.2 Å². The van der Waals surface area contributed by atoms with Crippen molar-refractivity contribution in [3.05, 3.63) is 29.8 Å². The summed E-state index contributed by atoms with van der Waals surface area (Å²) in [5.74, 6) is -0.719. The lowest BCUT2D eigenvalue weighted by Gasteiger charge is -2.11. The highest BCUT2D eigenvalue weighted by Crippen LogP contribution is 2.10. The van der Waals surface area contributed by atoms with Crippen molar-refractivity contribution in [2.24, 2.45) is 0 Å². The zero-order chi connectivity index (χ0) is 17.9. The van der Waals surface area contributed by atoms with Crippen LogP contribution in [0.1, 0.15) is 30.1 Å². The Morgan fingerprint density at radius 3 is 2.33 bits per heavy atom. The van der Waals surface area contributed by atoms with Crippen LogP contribution in [0.3, 0.4) is 0 Å². The van der Waals surface area contributed by atoms with Gasteiger partial charge in [-0.2, -0.15) is 0 Å². The molecule has 3 N–H and O–H groups in total. The van der Waals surface area contributed by atoms with Crippen molar-refractivity contribution in [2.45, 2.75) is 19.8 Å². The van der Waals surface area contributed by atoms with Crippen LogP contribution in [-0.4, -0.2) is 36.6 Å². The predicted molar refractivity (Wildman–Crippen MR) is 90.2 cm³/mol. The number of rotatable bonds is 6. The van der Waals surface area contributed by atoms with Gasteiger partial charge in [0.05, 0.1) is 20.1 Å². The van der Waals surface area contributed by atoms with Crippen LogP contribution >= 0.6 is 12.2 Å². The number of carbonyl (C=O) groups is 3. The number of thiocarbonyl (C=S) groups is 1. The minimum Gasteiger partial charge on any atom is -0.497 e. The third kappa shape index (κ3) is 7.05. The highest BCUT2D eigenvalue weighted by atomic mass is 32.1. The molecule has 130 valence electrons. The highest BCUT2D eigenvalue weighted by Gasteiger charge is 2.10. The van der Waals surface area contributed by atoms with Crippen LogP contribution in [-0.2, 0) is 14.3 Å². The maximum atomic E-state index is 11.9. The van der Waals surface area contributed by atoms with Crippen LogP contribution in [0.5, 0.6) is 5.75 Å². The van der Waals surface area contributed by atoms with Gasteiger partial charge in [-0.1, -0.05) is 0 Å². The molecule has 0 fully saturated rings. The number of ether oxygens (including phenoxy) is 2. The first-order valence-corrected chi connectivity index (χ1v) is 7.57. The van der Waals surface area contributed by atoms with Crippen molar-refractivity contribution in [3.8, 4) is 5.75 Å². The van der Waals surface area contributed by atoms with E-state index < -0.39 is 17.8 Å². The van der Waals surface area contributed by atoms with E-state index in [1.807, 2.05) is 0 Å². The molecule has 1 rings (SSSR count). The Balaban J connectivity index is 2.33. The molecule has 0 saturated heterocycles. The summed E-state index contributed by atoms with van der Waals surface area (Å²) in [7, 11) is 1.53. The Kier molecular flexibility index (Phi) is 8.20. The van der Waals surface area contributed by atoms with Gasteiger partial charge in [0.25, 0.3) is 5.91 Å². The van der Waals surface area contributed by atoms with Crippen molar-refractivity contribution in [1.29, 1.82) is 0 Å². The zero-order valence-corrected chi connectivity index (χ0v) is 14.2. The quantitative estimate of drug-likeness (QED) is 0.392. The van der Waals surface area contributed by atoms with Gasteiger partial charge in [0.15, 0.2) is 5.11 Å². The number of hydrogen-bond donors (Lipinski definition) is 3. The second kappa shape index (κ2) is 10.2. The van der Waals surface area contributed by atoms with E-state index in [1.54, 1.807) is 31.2 Å². The minimum atomic E-state index is -0.459. The summed E-state index contributed by atoms with van der Waals surface area (Å²) in [6.07, 6.45) is -0.104. The van der Waals surface area contributed by atoms with Gasteiger partial charge >= 0.3 is 5.97 Å². The lowest BCUT2D eigenvalue weighted by Crippen LogP contribution is -2.48. The molecule has 2 amide bonds. The molecule has 0 unspecified atom stereocenters. The van der Waals surface area contributed by atoms with E-state index in [0.29, 0.717) is 11.3 Å². The van der Waals surface area contributed by atoms with Crippen molar-refractivity contribution in [3.63, 3.8) is 0 Å². The SMILES string of the molecule is CCOC(=O)CCC(=O)NC(=S)NNC(=O)c1ccc(OC)cc1. The smallest absolute Gasteiger partial charge is 0.306 e. The number of methoxy groups -OCH3 is 1. The molecule has 24 heavy (non-hydrogen) atoms. The molecule has 1 aromatic rings. The molecule has 0 atom stereocenters. The average Bonchev–Trinajstić information content (AvgIpc) is 2.58. The van der Waals surface area contributed by atoms with Crippen molar-refractivity contribution >= 4 is 35.1 Å². The van der Waals surface area contributed by atoms with Gasteiger partial charge in [-0.15, -0.1) is 0 Å². The summed E-state index contributed by atoms with van der Waals surface area (Å²) < 4.78 is 9.71. The molecule has 9 heteroatoms. The first kappa shape index (κ1) is 19.4. The molecule has 0 spiro atoms. The first-order chi connectivity index (χ1) is 11.5. The lowest BCUT2D eigenvalue weighted by atomic mass is 10.2. The van der Waals surface area contributed by atoms with Crippen LogP contribution in [0, 0.1) is 0 Å². The third-order valence-corrected chi connectivity index (χ3v) is 2.96. The first-order valence-electron chi connectivity index (χ1n) is 7.16. The van der Waals surface area contributed by atoms with Crippen LogP contribution in [0.15, 0.2) is 24.3 Å². The zero-order valence-electron chi connectivity index (χ0n) is 13.4. The second-order valence-corrected chi connectivity index (χ2v) is 4.90. The molecule has 0 radical (unpaired) electrons. The van der Waals surface area contributed by atoms with Crippen molar-refractivity contribution in [1.82, 2.24) is 16.2 Å². The molecular weight excluding hydrogens is 334 g/mol. The van der Waals surface area contributed by atoms with Crippen LogP contribution in [0.25, 0.3) is 0 Å². The monoisotopic (exact) mass is 353 g/mol. The largest absolute Gasteiger partial charge is 0.497 e. The fourth-order valence-corrected chi connectivity index (χ4v) is 1.76. The Hall–Kier alpha value is -2.68. The fourth-order valence-electron chi connectivity index (χ4n) is 1.60. The van der Waals surface area contributed by atoms with Crippen LogP contribution < -0.4 is 20.9 Å². The van der Waals surface area contributed by atoms with Gasteiger partial charge in [-0.25, -0.2) is 0 Å². The predicted octanol–water partition coefficient (Wildman–Crippen LogP) is 0.674. The molecule has 0 aromatic heterocycles. The molecular formula is C15H19N3O5S. The van der Waals surface area contributed by atoms with E-state index in [9.17, 15) is 14.4 Å². The fraction of sp³-hybridized carbons (Fsp3) is 0.333. The maximum Gasteiger partial charge on any atom is 0.306 e. The number of hydrogen-bond acceptors (Lipinski definition) is 6. The number of benzene rings is 1. The Morgan fingerprint density at radius 1 is 1.08 bits per heavy atom. The Bertz CT molecular complexity index is 604. The van der Waals surface area contributed by atoms with Gasteiger partial charge in [0, 0.05) is 12.0 Å². The molecule has 0 saturated carbocycles. The molecule has 0 aliphatic carbocycles. The van der Waals surface area contributed by atoms with Gasteiger partial charge in [0.2, 0.25) is 5.91 Å². The van der Waals surface area contributed by atoms with E-state index in [1.165, 1.54) is 7.11 Å². The normalized spacial score (nSPS) is 9.58. The summed E-state index contributed by atoms with van der Waals surface area (Å²) in [5, 5.41) is 2.26. The topological polar surface area (TPSA) is 106 Å². The summed E-state index contributed by atoms with van der Waals surface area (Å²) in [6, 6.07) is 6.45. The van der Waals surface area contributed by atoms with E-state index >= 15 is 0 Å². The average molecular weight is 353 g/mol. The maximum absolute atomic E-state index is 11.9. The van der Waals surface area contributed by atoms with E-state index in [-0.39, 0.29) is 24.6 Å². The summed E-state index contributed by atoms with van der Waals surface area (Å²) in [5.41, 5.74) is 5.14. The molecule has 1 aromatic carbocycles. The summed E-state index contributed by atoms with van der Waals surface area (Å²) in [6.45, 7) is 1.94. The molecule has 0 aliphatic rings. The Labute approximate surface area is 144 Å². The summed E-state index contributed by atoms with van der Waals surface area (Å²) in [4.78, 5) is 34.6. The summed E-state index contributed by atoms with van der Waals surface area (Å²) >= 11 is 4.88. The standard InChI is InChI=1S/C15H19N3O5S/c1-3-23-13(20)9-8-12(19)16-15(24)18-17-14(21)10-4-6-11(22-2)7-5-10/h4-7H,3,8-9H2,1-2H3,(H,17,21)(H2,16,18,19,24). The molecule has 0 aliphatic heterocycles. The third-order valence-electron chi connectivity index (χ3n) is 2.76. The van der Waals surface area contributed by atoms with Crippen LogP contribution in [0.2, 0.25) is 0 Å². The number of carbonyl (C=O) groups excluding carboxylic acids is 3. The Morgan fingerprint density at radius 2 is 1.75 bits per heavy atom. The lowest BCUT2D eigenvalue weighted by molar-refractivity contribution is -0.144. The number of hydrazine groups is 1. The van der Waals surface area contributed by atoms with Gasteiger partial charge in [0.1, 0.15) is 5.75 Å². The molecule has 8 nitrogen and oxygen atoms in total. The van der Waals surface area contributed by atoms with Crippen LogP contribution in [0.4, 0.5) is 0 Å². The minimum absolute atomic E-state index is 0.0412. The van der Waals surface area contributed by atoms with E-state index in [0.717, 1.165) is 0 Å². The number of esters is 1. The number of amides is 2. The molecule has 0 heterocycles. The highest BCUT2D eigenvalue weighted by molar-refractivity contribution is 7.80. The van der Waals surface area contributed by atoms with Crippen molar-refractivity contribution in [2.75, 3.05) is 13.7 Å². The molecule has 0 bridgehead atoms. The van der Waals surface area contributed by atoms with Gasteiger partial charge < -0.3 is 14.8 Å². The second-order valence-electron chi connectivity index (χ2n) is 4.49. The van der Waals surface area contributed by atoms with E-state index in [2.05, 4.69) is 16.2 Å². The van der Waals surface area contributed by atoms with Gasteiger partial charge in [-0.05, 0) is 43.4 Å². The van der Waals surface area contributed by atoms with Crippen molar-refractivity contribution < 1.29 is 23.9 Å². The number of nitrogens with one attached hydrogen (secondary N) is 3. The van der Waals surface area contributed by atoms with E-state index in [4.69, 9.17) is 21.7 Å².